The van der Waals surface area contributed by atoms with Crippen LogP contribution in [0.4, 0.5) is 0 Å². The number of rotatable bonds is 50. The molecular formula is C62H107N2O6P. The average molecular weight is 1010 g/mol. The number of phosphoric ester groups is 1. The third kappa shape index (κ3) is 54.5. The number of quaternary nitrogens is 1. The zero-order valence-corrected chi connectivity index (χ0v) is 47.0. The van der Waals surface area contributed by atoms with E-state index >= 15 is 0 Å². The van der Waals surface area contributed by atoms with Crippen LogP contribution >= 0.6 is 7.82 Å². The number of hydrogen-bond acceptors (Lipinski definition) is 6. The number of aliphatic hydroxyl groups excluding tert-OH is 1. The lowest BCUT2D eigenvalue weighted by atomic mass is 10.0. The standard InChI is InChI=1S/C62H107N2O6P/c1-6-8-10-12-14-16-18-20-22-23-24-25-26-27-28-29-30-31-32-33-34-35-36-37-38-39-40-41-42-44-46-48-50-52-54-56-62(66)63-60(59-70-71(67,68)69-58-57-64(3,4)5)61(65)55-53-51-49-47-45-43-21-19-17-15-13-11-9-7-2/h8,10,14,16,20,22,24-25,27-28,30-31,33-34,36-37,39-40,53,55,60-61,65H,6-7,9,11-13,15,17-19,21,23,26,29,32,35,38,41-52,54,56-59H2,1-5H3,(H-,63,66,67,68)/b10-8-,16-14-,22-20-,25-24-,28-27-,31-30-,34-33-,37-36-,40-39-,55-53+. The van der Waals surface area contributed by atoms with Crippen LogP contribution < -0.4 is 10.2 Å². The van der Waals surface area contributed by atoms with Gasteiger partial charge in [0.1, 0.15) is 13.2 Å². The van der Waals surface area contributed by atoms with E-state index in [1.54, 1.807) is 6.08 Å². The molecule has 0 heterocycles. The van der Waals surface area contributed by atoms with E-state index in [1.807, 2.05) is 27.2 Å². The molecule has 8 nitrogen and oxygen atoms in total. The molecule has 0 aliphatic heterocycles. The Balaban J connectivity index is 4.21. The Morgan fingerprint density at radius 2 is 0.859 bits per heavy atom. The zero-order chi connectivity index (χ0) is 52.0. The first kappa shape index (κ1) is 67.9. The lowest BCUT2D eigenvalue weighted by molar-refractivity contribution is -0.870. The molecule has 2 N–H and O–H groups in total. The van der Waals surface area contributed by atoms with Crippen molar-refractivity contribution in [1.82, 2.24) is 5.32 Å². The number of nitrogens with one attached hydrogen (secondary N) is 1. The molecule has 71 heavy (non-hydrogen) atoms. The molecule has 0 aromatic rings. The summed E-state index contributed by atoms with van der Waals surface area (Å²) in [4.78, 5) is 25.4. The molecule has 406 valence electrons. The van der Waals surface area contributed by atoms with Gasteiger partial charge in [0.15, 0.2) is 0 Å². The number of carbonyl (C=O) groups excluding carboxylic acids is 1. The summed E-state index contributed by atoms with van der Waals surface area (Å²) in [5.41, 5.74) is 0. The summed E-state index contributed by atoms with van der Waals surface area (Å²) in [7, 11) is 1.24. The molecule has 0 rings (SSSR count). The van der Waals surface area contributed by atoms with Crippen molar-refractivity contribution in [3.8, 4) is 0 Å². The Hall–Kier alpha value is -3.10. The number of aliphatic hydroxyl groups is 1. The zero-order valence-electron chi connectivity index (χ0n) is 46.1. The van der Waals surface area contributed by atoms with Gasteiger partial charge in [0.2, 0.25) is 5.91 Å². The molecule has 0 aliphatic carbocycles. The molecule has 0 aromatic carbocycles. The number of allylic oxidation sites excluding steroid dienone is 19. The van der Waals surface area contributed by atoms with Gasteiger partial charge in [-0.25, -0.2) is 0 Å². The van der Waals surface area contributed by atoms with Gasteiger partial charge in [-0.15, -0.1) is 0 Å². The molecular weight excluding hydrogens is 900 g/mol. The number of phosphoric acid groups is 1. The third-order valence-corrected chi connectivity index (χ3v) is 12.9. The Morgan fingerprint density at radius 1 is 0.507 bits per heavy atom. The molecule has 0 aliphatic rings. The molecule has 0 radical (unpaired) electrons. The number of hydrogen-bond donors (Lipinski definition) is 2. The Labute approximate surface area is 437 Å². The first-order valence-electron chi connectivity index (χ1n) is 28.4. The fourth-order valence-electron chi connectivity index (χ4n) is 7.50. The topological polar surface area (TPSA) is 108 Å². The van der Waals surface area contributed by atoms with Crippen LogP contribution in [0.25, 0.3) is 0 Å². The van der Waals surface area contributed by atoms with E-state index in [0.717, 1.165) is 109 Å². The van der Waals surface area contributed by atoms with Crippen molar-refractivity contribution < 1.29 is 32.9 Å². The predicted molar refractivity (Wildman–Crippen MR) is 306 cm³/mol. The van der Waals surface area contributed by atoms with E-state index in [9.17, 15) is 19.4 Å². The quantitative estimate of drug-likeness (QED) is 0.0272. The summed E-state index contributed by atoms with van der Waals surface area (Å²) in [6, 6.07) is -0.901. The highest BCUT2D eigenvalue weighted by Crippen LogP contribution is 2.38. The van der Waals surface area contributed by atoms with Gasteiger partial charge in [0.05, 0.1) is 39.9 Å². The van der Waals surface area contributed by atoms with Gasteiger partial charge in [0.25, 0.3) is 7.82 Å². The van der Waals surface area contributed by atoms with Crippen LogP contribution in [0.15, 0.2) is 122 Å². The lowest BCUT2D eigenvalue weighted by Gasteiger charge is -2.29. The SMILES string of the molecule is CC/C=C\C/C=C\C/C=C\C/C=C\C/C=C\C/C=C\C/C=C\C/C=C\C/C=C\CCCCCCCCCC(=O)NC(COP(=O)([O-])OCC[N+](C)(C)C)C(O)/C=C/CCCCCCCCCCCCCC. The minimum atomic E-state index is -4.60. The second-order valence-corrected chi connectivity index (χ2v) is 21.3. The van der Waals surface area contributed by atoms with Gasteiger partial charge in [-0.1, -0.05) is 238 Å². The van der Waals surface area contributed by atoms with E-state index in [4.69, 9.17) is 9.05 Å². The molecule has 3 unspecified atom stereocenters. The van der Waals surface area contributed by atoms with Crippen molar-refractivity contribution in [2.75, 3.05) is 40.9 Å². The summed E-state index contributed by atoms with van der Waals surface area (Å²) >= 11 is 0. The number of carbonyl (C=O) groups is 1. The van der Waals surface area contributed by atoms with Crippen molar-refractivity contribution in [2.45, 2.75) is 225 Å². The van der Waals surface area contributed by atoms with Gasteiger partial charge >= 0.3 is 0 Å². The summed E-state index contributed by atoms with van der Waals surface area (Å²) in [5, 5.41) is 13.8. The highest BCUT2D eigenvalue weighted by atomic mass is 31.2. The van der Waals surface area contributed by atoms with Crippen LogP contribution in [0.1, 0.15) is 213 Å². The van der Waals surface area contributed by atoms with Gasteiger partial charge in [-0.3, -0.25) is 9.36 Å². The predicted octanol–water partition coefficient (Wildman–Crippen LogP) is 16.7. The molecule has 0 saturated carbocycles. The molecule has 0 saturated heterocycles. The highest BCUT2D eigenvalue weighted by molar-refractivity contribution is 7.45. The normalized spacial score (nSPS) is 14.9. The number of unbranched alkanes of at least 4 members (excludes halogenated alkanes) is 19. The number of amides is 1. The maximum absolute atomic E-state index is 12.9. The van der Waals surface area contributed by atoms with E-state index < -0.39 is 26.6 Å². The Morgan fingerprint density at radius 3 is 1.25 bits per heavy atom. The van der Waals surface area contributed by atoms with Crippen molar-refractivity contribution in [3.05, 3.63) is 122 Å². The van der Waals surface area contributed by atoms with Crippen molar-refractivity contribution in [1.29, 1.82) is 0 Å². The van der Waals surface area contributed by atoms with Crippen LogP contribution in [0, 0.1) is 0 Å². The molecule has 9 heteroatoms. The largest absolute Gasteiger partial charge is 0.756 e. The number of likely N-dealkylation sites (N-methyl/N-ethyl adjacent to an activating group) is 1. The summed E-state index contributed by atoms with van der Waals surface area (Å²) in [6.45, 7) is 4.51. The highest BCUT2D eigenvalue weighted by Gasteiger charge is 2.23. The molecule has 0 bridgehead atoms. The Kier molecular flexibility index (Phi) is 49.5. The fraction of sp³-hybridized carbons (Fsp3) is 0.661. The van der Waals surface area contributed by atoms with Gasteiger partial charge in [-0.2, -0.15) is 0 Å². The first-order valence-corrected chi connectivity index (χ1v) is 29.9. The third-order valence-electron chi connectivity index (χ3n) is 11.9. The van der Waals surface area contributed by atoms with Crippen LogP contribution in [0.5, 0.6) is 0 Å². The number of nitrogens with zero attached hydrogens (tertiary/aromatic N) is 1. The average Bonchev–Trinajstić information content (AvgIpc) is 3.33. The van der Waals surface area contributed by atoms with Gasteiger partial charge < -0.3 is 28.8 Å². The monoisotopic (exact) mass is 1010 g/mol. The van der Waals surface area contributed by atoms with Crippen LogP contribution in [-0.2, 0) is 18.4 Å². The van der Waals surface area contributed by atoms with Crippen molar-refractivity contribution in [3.63, 3.8) is 0 Å². The molecule has 0 spiro atoms. The minimum absolute atomic E-state index is 0.00946. The maximum Gasteiger partial charge on any atom is 0.268 e. The minimum Gasteiger partial charge on any atom is -0.756 e. The molecule has 3 atom stereocenters. The van der Waals surface area contributed by atoms with Crippen molar-refractivity contribution >= 4 is 13.7 Å². The van der Waals surface area contributed by atoms with Crippen molar-refractivity contribution in [2.24, 2.45) is 0 Å². The van der Waals surface area contributed by atoms with E-state index in [2.05, 4.69) is 129 Å². The Bertz CT molecular complexity index is 1560. The summed E-state index contributed by atoms with van der Waals surface area (Å²) in [5.74, 6) is -0.214. The molecule has 0 fully saturated rings. The summed E-state index contributed by atoms with van der Waals surface area (Å²) < 4.78 is 23.3. The lowest BCUT2D eigenvalue weighted by Crippen LogP contribution is -2.45. The molecule has 1 amide bonds. The second-order valence-electron chi connectivity index (χ2n) is 19.9. The first-order chi connectivity index (χ1) is 34.5. The second kappa shape index (κ2) is 51.8. The van der Waals surface area contributed by atoms with E-state index in [0.29, 0.717) is 17.4 Å². The van der Waals surface area contributed by atoms with Crippen LogP contribution in [0.3, 0.4) is 0 Å². The van der Waals surface area contributed by atoms with E-state index in [1.165, 1.54) is 83.5 Å². The maximum atomic E-state index is 12.9. The van der Waals surface area contributed by atoms with Gasteiger partial charge in [-0.05, 0) is 89.9 Å². The molecule has 0 aromatic heterocycles. The van der Waals surface area contributed by atoms with Gasteiger partial charge in [0, 0.05) is 6.42 Å². The fourth-order valence-corrected chi connectivity index (χ4v) is 8.22. The van der Waals surface area contributed by atoms with Crippen LogP contribution in [-0.4, -0.2) is 68.5 Å². The van der Waals surface area contributed by atoms with Crippen LogP contribution in [0.2, 0.25) is 0 Å². The van der Waals surface area contributed by atoms with E-state index in [-0.39, 0.29) is 12.5 Å². The summed E-state index contributed by atoms with van der Waals surface area (Å²) in [6.07, 6.45) is 76.9. The smallest absolute Gasteiger partial charge is 0.268 e.